The maximum Gasteiger partial charge on any atom is 0.416 e. The van der Waals surface area contributed by atoms with Crippen molar-refractivity contribution in [2.75, 3.05) is 24.6 Å². The van der Waals surface area contributed by atoms with Gasteiger partial charge in [-0.1, -0.05) is 12.8 Å². The summed E-state index contributed by atoms with van der Waals surface area (Å²) in [6.07, 6.45) is 9.43. The fraction of sp³-hybridized carbons (Fsp3) is 0.522. The van der Waals surface area contributed by atoms with Crippen molar-refractivity contribution in [3.63, 3.8) is 0 Å². The van der Waals surface area contributed by atoms with Gasteiger partial charge in [0.15, 0.2) is 0 Å². The first-order chi connectivity index (χ1) is 16.1. The van der Waals surface area contributed by atoms with Gasteiger partial charge in [-0.3, -0.25) is 9.59 Å². The second-order valence-corrected chi connectivity index (χ2v) is 8.87. The van der Waals surface area contributed by atoms with Crippen LogP contribution in [0.4, 0.5) is 10.5 Å². The molecule has 1 aliphatic carbocycles. The Labute approximate surface area is 191 Å². The first kappa shape index (κ1) is 21.4. The van der Waals surface area contributed by atoms with Crippen LogP contribution in [0, 0.1) is 17.8 Å². The zero-order valence-electron chi connectivity index (χ0n) is 18.3. The predicted octanol–water partition coefficient (Wildman–Crippen LogP) is 2.77. The molecule has 1 N–H and O–H groups in total. The molecule has 2 unspecified atom stereocenters. The van der Waals surface area contributed by atoms with E-state index < -0.39 is 6.09 Å². The smallest absolute Gasteiger partial charge is 0.416 e. The Kier molecular flexibility index (Phi) is 5.97. The van der Waals surface area contributed by atoms with E-state index in [2.05, 4.69) is 15.0 Å². The monoisotopic (exact) mass is 453 g/mol. The number of hydrogen-bond donors (Lipinski definition) is 1. The van der Waals surface area contributed by atoms with Gasteiger partial charge in [-0.05, 0) is 37.7 Å². The van der Waals surface area contributed by atoms with E-state index in [1.807, 2.05) is 0 Å². The van der Waals surface area contributed by atoms with Crippen molar-refractivity contribution in [2.45, 2.75) is 38.5 Å². The third kappa shape index (κ3) is 4.42. The molecule has 2 atom stereocenters. The molecular weight excluding hydrogens is 426 g/mol. The molecule has 2 aromatic rings. The predicted molar refractivity (Wildman–Crippen MR) is 117 cm³/mol. The average molecular weight is 453 g/mol. The highest BCUT2D eigenvalue weighted by atomic mass is 16.6. The standard InChI is InChI=1S/C23H27N5O5/c29-20-17-3-1-2-4-18(17)21(30)28(20)16-5-6-19(26-13-16)33-23(31)27-11-7-15(8-12-27)14-32-22-24-9-10-25-22/h5-6,9-10,13,15,17-18H,1-4,7-8,11-12,14H2,(H,24,25). The van der Waals surface area contributed by atoms with Crippen molar-refractivity contribution in [3.8, 4) is 11.9 Å². The lowest BCUT2D eigenvalue weighted by molar-refractivity contribution is -0.122. The minimum Gasteiger partial charge on any atom is -0.465 e. The van der Waals surface area contributed by atoms with Gasteiger partial charge in [0.1, 0.15) is 0 Å². The summed E-state index contributed by atoms with van der Waals surface area (Å²) in [5.74, 6) is -0.225. The second-order valence-electron chi connectivity index (χ2n) is 8.87. The number of aromatic amines is 1. The lowest BCUT2D eigenvalue weighted by Gasteiger charge is -2.30. The topological polar surface area (TPSA) is 118 Å². The number of nitrogens with one attached hydrogen (secondary N) is 1. The molecule has 10 nitrogen and oxygen atoms in total. The van der Waals surface area contributed by atoms with E-state index in [0.717, 1.165) is 38.5 Å². The van der Waals surface area contributed by atoms with Gasteiger partial charge in [0, 0.05) is 31.5 Å². The molecule has 3 aliphatic rings. The van der Waals surface area contributed by atoms with Crippen molar-refractivity contribution >= 4 is 23.6 Å². The highest BCUT2D eigenvalue weighted by Crippen LogP contribution is 2.40. The van der Waals surface area contributed by atoms with Crippen molar-refractivity contribution in [2.24, 2.45) is 17.8 Å². The molecule has 3 amide bonds. The fourth-order valence-corrected chi connectivity index (χ4v) is 4.94. The zero-order chi connectivity index (χ0) is 22.8. The van der Waals surface area contributed by atoms with Gasteiger partial charge >= 0.3 is 6.09 Å². The van der Waals surface area contributed by atoms with Gasteiger partial charge in [0.2, 0.25) is 17.7 Å². The van der Waals surface area contributed by atoms with E-state index in [4.69, 9.17) is 9.47 Å². The van der Waals surface area contributed by atoms with Crippen LogP contribution in [0.15, 0.2) is 30.7 Å². The molecule has 2 aliphatic heterocycles. The van der Waals surface area contributed by atoms with Crippen molar-refractivity contribution < 1.29 is 23.9 Å². The molecule has 1 saturated carbocycles. The molecule has 10 heteroatoms. The number of anilines is 1. The fourth-order valence-electron chi connectivity index (χ4n) is 4.94. The molecule has 33 heavy (non-hydrogen) atoms. The van der Waals surface area contributed by atoms with Crippen LogP contribution in [-0.4, -0.2) is 57.5 Å². The number of H-pyrrole nitrogens is 1. The summed E-state index contributed by atoms with van der Waals surface area (Å²) in [7, 11) is 0. The van der Waals surface area contributed by atoms with Gasteiger partial charge in [-0.2, -0.15) is 0 Å². The van der Waals surface area contributed by atoms with Crippen LogP contribution in [0.5, 0.6) is 11.9 Å². The minimum atomic E-state index is -0.458. The molecule has 5 rings (SSSR count). The Morgan fingerprint density at radius 3 is 2.36 bits per heavy atom. The van der Waals surface area contributed by atoms with Crippen LogP contribution in [0.1, 0.15) is 38.5 Å². The summed E-state index contributed by atoms with van der Waals surface area (Å²) in [5.41, 5.74) is 0.427. The SMILES string of the molecule is O=C(Oc1ccc(N2C(=O)C3CCCCC3C2=O)cn1)N1CCC(COc2ncc[nH]2)CC1. The number of pyridine rings is 1. The molecule has 174 valence electrons. The highest BCUT2D eigenvalue weighted by molar-refractivity contribution is 6.22. The number of imide groups is 1. The van der Waals surface area contributed by atoms with Gasteiger partial charge in [-0.15, -0.1) is 0 Å². The maximum absolute atomic E-state index is 12.7. The first-order valence-corrected chi connectivity index (χ1v) is 11.5. The van der Waals surface area contributed by atoms with Crippen LogP contribution < -0.4 is 14.4 Å². The third-order valence-corrected chi connectivity index (χ3v) is 6.81. The van der Waals surface area contributed by atoms with Crippen molar-refractivity contribution in [3.05, 3.63) is 30.7 Å². The second kappa shape index (κ2) is 9.21. The third-order valence-electron chi connectivity index (χ3n) is 6.81. The Bertz CT molecular complexity index is 977. The van der Waals surface area contributed by atoms with Crippen molar-refractivity contribution in [1.29, 1.82) is 0 Å². The number of fused-ring (bicyclic) bond motifs is 1. The van der Waals surface area contributed by atoms with E-state index in [0.29, 0.717) is 37.3 Å². The molecule has 2 aromatic heterocycles. The van der Waals surface area contributed by atoms with E-state index in [-0.39, 0.29) is 29.5 Å². The molecular formula is C23H27N5O5. The Balaban J connectivity index is 1.13. The molecule has 0 bridgehead atoms. The van der Waals surface area contributed by atoms with Crippen LogP contribution in [0.25, 0.3) is 0 Å². The number of ether oxygens (including phenoxy) is 2. The summed E-state index contributed by atoms with van der Waals surface area (Å²) in [6, 6.07) is 3.64. The number of likely N-dealkylation sites (tertiary alicyclic amines) is 1. The van der Waals surface area contributed by atoms with Gasteiger partial charge in [0.25, 0.3) is 6.01 Å². The van der Waals surface area contributed by atoms with E-state index in [1.165, 1.54) is 17.2 Å². The largest absolute Gasteiger partial charge is 0.465 e. The number of hydrogen-bond acceptors (Lipinski definition) is 7. The number of amides is 3. The van der Waals surface area contributed by atoms with Gasteiger partial charge in [0.05, 0.1) is 30.3 Å². The summed E-state index contributed by atoms with van der Waals surface area (Å²) < 4.78 is 11.0. The number of imidazole rings is 1. The van der Waals surface area contributed by atoms with Crippen LogP contribution in [-0.2, 0) is 9.59 Å². The minimum absolute atomic E-state index is 0.142. The van der Waals surface area contributed by atoms with E-state index in [1.54, 1.807) is 23.4 Å². The quantitative estimate of drug-likeness (QED) is 0.692. The summed E-state index contributed by atoms with van der Waals surface area (Å²) in [5, 5.41) is 0. The number of piperidine rings is 1. The average Bonchev–Trinajstić information content (AvgIpc) is 3.46. The lowest BCUT2D eigenvalue weighted by Crippen LogP contribution is -2.41. The van der Waals surface area contributed by atoms with Gasteiger partial charge in [-0.25, -0.2) is 19.7 Å². The molecule has 4 heterocycles. The van der Waals surface area contributed by atoms with Gasteiger partial charge < -0.3 is 19.4 Å². The lowest BCUT2D eigenvalue weighted by atomic mass is 9.81. The van der Waals surface area contributed by atoms with Crippen LogP contribution >= 0.6 is 0 Å². The molecule has 0 spiro atoms. The Morgan fingerprint density at radius 1 is 1.03 bits per heavy atom. The number of carbonyl (C=O) groups is 3. The molecule has 0 radical (unpaired) electrons. The van der Waals surface area contributed by atoms with Crippen LogP contribution in [0.3, 0.4) is 0 Å². The summed E-state index contributed by atoms with van der Waals surface area (Å²) in [4.78, 5) is 52.0. The maximum atomic E-state index is 12.7. The van der Waals surface area contributed by atoms with Crippen molar-refractivity contribution in [1.82, 2.24) is 19.9 Å². The Hall–Kier alpha value is -3.43. The Morgan fingerprint density at radius 2 is 1.76 bits per heavy atom. The van der Waals surface area contributed by atoms with E-state index in [9.17, 15) is 14.4 Å². The van der Waals surface area contributed by atoms with E-state index >= 15 is 0 Å². The normalized spacial score (nSPS) is 23.5. The summed E-state index contributed by atoms with van der Waals surface area (Å²) >= 11 is 0. The molecule has 0 aromatic carbocycles. The number of nitrogens with zero attached hydrogens (tertiary/aromatic N) is 4. The number of rotatable bonds is 5. The van der Waals surface area contributed by atoms with Crippen LogP contribution in [0.2, 0.25) is 0 Å². The highest BCUT2D eigenvalue weighted by Gasteiger charge is 2.48. The zero-order valence-corrected chi connectivity index (χ0v) is 18.3. The number of aromatic nitrogens is 3. The first-order valence-electron chi connectivity index (χ1n) is 11.5. The number of carbonyl (C=O) groups excluding carboxylic acids is 3. The molecule has 3 fully saturated rings. The summed E-state index contributed by atoms with van der Waals surface area (Å²) in [6.45, 7) is 1.69. The molecule has 2 saturated heterocycles.